The molecule has 2 aliphatic heterocycles. The highest BCUT2D eigenvalue weighted by molar-refractivity contribution is 7.19. The number of hydrogen-bond donors (Lipinski definition) is 4. The summed E-state index contributed by atoms with van der Waals surface area (Å²) in [6.07, 6.45) is 3.73. The number of fused-ring (bicyclic) bond motifs is 1. The molecular formula is C42H50N8O6S. The summed E-state index contributed by atoms with van der Waals surface area (Å²) in [4.78, 5) is 71.6. The largest absolute Gasteiger partial charge is 0.453 e. The van der Waals surface area contributed by atoms with Gasteiger partial charge in [0, 0.05) is 35.7 Å². The highest BCUT2D eigenvalue weighted by Crippen LogP contribution is 2.36. The van der Waals surface area contributed by atoms with Gasteiger partial charge < -0.3 is 39.9 Å². The Morgan fingerprint density at radius 1 is 0.754 bits per heavy atom. The molecule has 0 spiro atoms. The van der Waals surface area contributed by atoms with Crippen LogP contribution in [0.15, 0.2) is 36.7 Å². The lowest BCUT2D eigenvalue weighted by Crippen LogP contribution is -2.51. The Morgan fingerprint density at radius 3 is 1.72 bits per heavy atom. The van der Waals surface area contributed by atoms with Gasteiger partial charge in [-0.25, -0.2) is 19.6 Å². The fourth-order valence-corrected chi connectivity index (χ4v) is 8.34. The fraction of sp³-hybridized carbons (Fsp3) is 0.476. The van der Waals surface area contributed by atoms with Gasteiger partial charge in [0.2, 0.25) is 11.8 Å². The molecule has 5 heterocycles. The first-order valence-corrected chi connectivity index (χ1v) is 20.0. The van der Waals surface area contributed by atoms with Crippen LogP contribution < -0.4 is 10.6 Å². The van der Waals surface area contributed by atoms with Crippen LogP contribution in [0.3, 0.4) is 0 Å². The predicted molar refractivity (Wildman–Crippen MR) is 216 cm³/mol. The van der Waals surface area contributed by atoms with Crippen LogP contribution in [0, 0.1) is 47.4 Å². The average molecular weight is 795 g/mol. The number of nitrogens with one attached hydrogen (secondary N) is 4. The van der Waals surface area contributed by atoms with Crippen molar-refractivity contribution in [3.8, 4) is 23.7 Å². The van der Waals surface area contributed by atoms with E-state index in [0.29, 0.717) is 36.1 Å². The highest BCUT2D eigenvalue weighted by Gasteiger charge is 2.41. The number of thiophene rings is 1. The number of carbonyl (C=O) groups excluding carboxylic acids is 4. The highest BCUT2D eigenvalue weighted by atomic mass is 32.1. The molecule has 0 unspecified atom stereocenters. The fourth-order valence-electron chi connectivity index (χ4n) is 7.44. The lowest BCUT2D eigenvalue weighted by atomic mass is 10.0. The summed E-state index contributed by atoms with van der Waals surface area (Å²) in [5, 5.41) is 6.40. The van der Waals surface area contributed by atoms with E-state index in [0.717, 1.165) is 33.4 Å². The predicted octanol–water partition coefficient (Wildman–Crippen LogP) is 5.73. The van der Waals surface area contributed by atoms with E-state index in [2.05, 4.69) is 58.1 Å². The molecule has 0 aliphatic carbocycles. The monoisotopic (exact) mass is 794 g/mol. The number of methoxy groups -OCH3 is 2. The van der Waals surface area contributed by atoms with Gasteiger partial charge in [0.1, 0.15) is 35.1 Å². The molecule has 300 valence electrons. The molecule has 2 saturated heterocycles. The molecule has 14 nitrogen and oxygen atoms in total. The Morgan fingerprint density at radius 2 is 1.25 bits per heavy atom. The molecule has 6 atom stereocenters. The molecule has 4 N–H and O–H groups in total. The first-order chi connectivity index (χ1) is 27.2. The Labute approximate surface area is 336 Å². The van der Waals surface area contributed by atoms with Crippen molar-refractivity contribution in [1.82, 2.24) is 40.4 Å². The zero-order chi connectivity index (χ0) is 41.0. The second kappa shape index (κ2) is 17.6. The van der Waals surface area contributed by atoms with Crippen molar-refractivity contribution in [3.63, 3.8) is 0 Å². The maximum Gasteiger partial charge on any atom is 0.407 e. The van der Waals surface area contributed by atoms with E-state index in [1.54, 1.807) is 33.5 Å². The van der Waals surface area contributed by atoms with E-state index in [1.807, 2.05) is 52.0 Å². The minimum Gasteiger partial charge on any atom is -0.453 e. The van der Waals surface area contributed by atoms with Crippen LogP contribution in [0.5, 0.6) is 0 Å². The van der Waals surface area contributed by atoms with Gasteiger partial charge in [0.25, 0.3) is 0 Å². The van der Waals surface area contributed by atoms with E-state index in [4.69, 9.17) is 19.4 Å². The second-order valence-corrected chi connectivity index (χ2v) is 16.7. The minimum absolute atomic E-state index is 0.124. The third-order valence-electron chi connectivity index (χ3n) is 10.4. The van der Waals surface area contributed by atoms with Crippen LogP contribution in [0.25, 0.3) is 10.1 Å². The van der Waals surface area contributed by atoms with E-state index in [1.165, 1.54) is 14.2 Å². The molecule has 4 aromatic rings. The van der Waals surface area contributed by atoms with E-state index in [9.17, 15) is 19.2 Å². The second-order valence-electron chi connectivity index (χ2n) is 15.6. The molecular weight excluding hydrogens is 745 g/mol. The van der Waals surface area contributed by atoms with Gasteiger partial charge in [-0.1, -0.05) is 47.5 Å². The van der Waals surface area contributed by atoms with E-state index >= 15 is 0 Å². The first kappa shape index (κ1) is 40.9. The van der Waals surface area contributed by atoms with Crippen LogP contribution in [-0.4, -0.2) is 93.1 Å². The smallest absolute Gasteiger partial charge is 0.407 e. The van der Waals surface area contributed by atoms with Crippen LogP contribution in [-0.2, 0) is 19.1 Å². The molecule has 15 heteroatoms. The summed E-state index contributed by atoms with van der Waals surface area (Å²) >= 11 is 1.58. The van der Waals surface area contributed by atoms with Crippen molar-refractivity contribution < 1.29 is 28.7 Å². The number of hydrogen-bond acceptors (Lipinski definition) is 9. The number of ether oxygens (including phenoxy) is 2. The number of imidazole rings is 2. The summed E-state index contributed by atoms with van der Waals surface area (Å²) < 4.78 is 10.6. The van der Waals surface area contributed by atoms with Gasteiger partial charge in [0.15, 0.2) is 0 Å². The van der Waals surface area contributed by atoms with Crippen molar-refractivity contribution >= 4 is 45.4 Å². The standard InChI is InChI=1S/C42H50N8O6S/c1-23(2)35(47-41(53)55-7)39(51)49-21-25(5)15-32(49)37-43-19-29(45-37)11-9-27-10-14-34-28(17-27)18-31(57-34)13-12-30-20-44-38(46-30)33-16-26(6)22-50(33)40(52)36(24(3)4)48-42(54)56-8/h10,14,17-20,23-26,32-33,35-36H,15-16,21-22H2,1-8H3,(H,43,45)(H,44,46)(H,47,53)(H,48,54)/t25-,26-,32-,33-,35-,36-/m0/s1. The Hall–Kier alpha value is -5.80. The molecule has 0 bridgehead atoms. The lowest BCUT2D eigenvalue weighted by molar-refractivity contribution is -0.136. The normalized spacial score (nSPS) is 20.1. The zero-order valence-corrected chi connectivity index (χ0v) is 34.4. The molecule has 0 radical (unpaired) electrons. The number of aromatic nitrogens is 4. The number of nitrogens with zero attached hydrogens (tertiary/aromatic N) is 4. The number of alkyl carbamates (subject to hydrolysis) is 2. The molecule has 2 aliphatic rings. The average Bonchev–Trinajstić information content (AvgIpc) is 4.03. The number of H-pyrrole nitrogens is 2. The Kier molecular flexibility index (Phi) is 12.6. The molecule has 0 saturated carbocycles. The molecule has 2 fully saturated rings. The van der Waals surface area contributed by atoms with Gasteiger partial charge in [-0.05, 0) is 83.9 Å². The Balaban J connectivity index is 1.13. The maximum atomic E-state index is 13.6. The van der Waals surface area contributed by atoms with E-state index in [-0.39, 0.29) is 47.6 Å². The number of amides is 4. The van der Waals surface area contributed by atoms with Gasteiger partial charge in [-0.2, -0.15) is 0 Å². The molecule has 6 rings (SSSR count). The van der Waals surface area contributed by atoms with Crippen molar-refractivity contribution in [2.75, 3.05) is 27.3 Å². The topological polar surface area (TPSA) is 175 Å². The summed E-state index contributed by atoms with van der Waals surface area (Å²) in [6.45, 7) is 12.9. The van der Waals surface area contributed by atoms with E-state index < -0.39 is 24.3 Å². The number of aromatic amines is 2. The quantitative estimate of drug-likeness (QED) is 0.164. The number of rotatable bonds is 8. The first-order valence-electron chi connectivity index (χ1n) is 19.2. The minimum atomic E-state index is -0.713. The third kappa shape index (κ3) is 9.43. The summed E-state index contributed by atoms with van der Waals surface area (Å²) in [6, 6.07) is 6.11. The molecule has 3 aromatic heterocycles. The van der Waals surface area contributed by atoms with Crippen LogP contribution in [0.1, 0.15) is 99.9 Å². The maximum absolute atomic E-state index is 13.6. The molecule has 1 aromatic carbocycles. The van der Waals surface area contributed by atoms with Gasteiger partial charge in [0.05, 0.1) is 31.2 Å². The lowest BCUT2D eigenvalue weighted by Gasteiger charge is -2.30. The van der Waals surface area contributed by atoms with Crippen molar-refractivity contribution in [2.45, 2.75) is 78.6 Å². The van der Waals surface area contributed by atoms with Crippen molar-refractivity contribution in [1.29, 1.82) is 0 Å². The summed E-state index contributed by atoms with van der Waals surface area (Å²) in [5.41, 5.74) is 1.97. The van der Waals surface area contributed by atoms with Gasteiger partial charge in [-0.3, -0.25) is 9.59 Å². The van der Waals surface area contributed by atoms with Crippen LogP contribution in [0.2, 0.25) is 0 Å². The summed E-state index contributed by atoms with van der Waals surface area (Å²) in [5.74, 6) is 14.1. The molecule has 4 amide bonds. The van der Waals surface area contributed by atoms with Gasteiger partial charge in [-0.15, -0.1) is 11.3 Å². The Bertz CT molecular complexity index is 2130. The number of likely N-dealkylation sites (tertiary alicyclic amines) is 2. The zero-order valence-electron chi connectivity index (χ0n) is 33.6. The van der Waals surface area contributed by atoms with Crippen molar-refractivity contribution in [2.24, 2.45) is 23.7 Å². The van der Waals surface area contributed by atoms with Gasteiger partial charge >= 0.3 is 12.2 Å². The third-order valence-corrected chi connectivity index (χ3v) is 11.4. The molecule has 57 heavy (non-hydrogen) atoms. The number of benzene rings is 1. The summed E-state index contributed by atoms with van der Waals surface area (Å²) in [7, 11) is 2.56. The van der Waals surface area contributed by atoms with Crippen LogP contribution in [0.4, 0.5) is 9.59 Å². The van der Waals surface area contributed by atoms with Crippen molar-refractivity contribution in [3.05, 3.63) is 70.1 Å². The number of carbonyl (C=O) groups is 4. The van der Waals surface area contributed by atoms with Crippen LogP contribution >= 0.6 is 11.3 Å². The SMILES string of the molecule is COC(=O)N[C@H](C(=O)N1C[C@@H](C)C[C@H]1c1nc(C#Cc2ccc3sc(C#Cc4c[nH]c([C@@H]5C[C@H](C)CN5C(=O)[C@@H](NC(=O)OC)C(C)C)n4)cc3c2)c[nH]1)C(C)C.